The zero-order valence-electron chi connectivity index (χ0n) is 28.3. The summed E-state index contributed by atoms with van der Waals surface area (Å²) in [6.45, 7) is 0. The van der Waals surface area contributed by atoms with Gasteiger partial charge in [-0.1, -0.05) is 139 Å². The molecule has 4 atom stereocenters. The van der Waals surface area contributed by atoms with E-state index in [1.807, 2.05) is 0 Å². The first kappa shape index (κ1) is 31.4. The maximum absolute atomic E-state index is 6.92. The summed E-state index contributed by atoms with van der Waals surface area (Å²) in [5.74, 6) is 0.785. The van der Waals surface area contributed by atoms with Gasteiger partial charge in [0.2, 0.25) is 0 Å². The molecule has 0 spiro atoms. The van der Waals surface area contributed by atoms with E-state index < -0.39 is 0 Å². The highest BCUT2D eigenvalue weighted by atomic mass is 14.9. The van der Waals surface area contributed by atoms with Crippen molar-refractivity contribution in [2.24, 2.45) is 11.7 Å². The van der Waals surface area contributed by atoms with Crippen LogP contribution in [0.1, 0.15) is 71.9 Å². The average molecular weight is 639 g/mol. The van der Waals surface area contributed by atoms with Gasteiger partial charge in [-0.3, -0.25) is 0 Å². The Morgan fingerprint density at radius 2 is 1.65 bits per heavy atom. The normalized spacial score (nSPS) is 20.8. The van der Waals surface area contributed by atoms with Crippen LogP contribution >= 0.6 is 0 Å². The molecule has 0 saturated carbocycles. The molecular weight excluding hydrogens is 593 g/mol. The summed E-state index contributed by atoms with van der Waals surface area (Å²) >= 11 is 0. The summed E-state index contributed by atoms with van der Waals surface area (Å²) in [7, 11) is 0. The standard InChI is InChI=1S/C47H46N2/c48-45(32-37(34-15-5-2-6-16-34)24-23-33-13-3-1-4-14-33)36-25-28-39(29-26-36)49-46-22-12-11-21-42(46)44-31-38-18-8-9-19-40(38)43-30-27-35-17-7-10-20-41(35)47(43)44/h1-5,7-9,11-14,17-19,21-22,25-32,34,42,45-46,49H,6,10,15-16,20,23-24,48H2/b37-32+. The van der Waals surface area contributed by atoms with Crippen LogP contribution in [0.25, 0.3) is 27.6 Å². The van der Waals surface area contributed by atoms with E-state index in [-0.39, 0.29) is 18.0 Å². The molecule has 0 fully saturated rings. The van der Waals surface area contributed by atoms with E-state index >= 15 is 0 Å². The molecule has 2 nitrogen and oxygen atoms in total. The third-order valence-electron chi connectivity index (χ3n) is 10.9. The molecule has 2 heteroatoms. The number of allylic oxidation sites excluding steroid dienone is 6. The minimum atomic E-state index is -0.125. The van der Waals surface area contributed by atoms with Gasteiger partial charge in [-0.05, 0) is 118 Å². The Kier molecular flexibility index (Phi) is 9.14. The minimum absolute atomic E-state index is 0.125. The van der Waals surface area contributed by atoms with Crippen LogP contribution in [0.2, 0.25) is 0 Å². The van der Waals surface area contributed by atoms with E-state index in [0.29, 0.717) is 5.92 Å². The molecule has 0 radical (unpaired) electrons. The smallest absolute Gasteiger partial charge is 0.0551 e. The van der Waals surface area contributed by atoms with Crippen molar-refractivity contribution in [3.8, 4) is 0 Å². The molecule has 5 aromatic carbocycles. The van der Waals surface area contributed by atoms with Crippen LogP contribution in [-0.4, -0.2) is 6.04 Å². The maximum Gasteiger partial charge on any atom is 0.0551 e. The average Bonchev–Trinajstić information content (AvgIpc) is 3.17. The van der Waals surface area contributed by atoms with Crippen LogP contribution in [0, 0.1) is 5.92 Å². The molecule has 8 rings (SSSR count). The minimum Gasteiger partial charge on any atom is -0.378 e. The van der Waals surface area contributed by atoms with Crippen molar-refractivity contribution in [2.45, 2.75) is 62.9 Å². The molecular formula is C47H46N2. The quantitative estimate of drug-likeness (QED) is 0.125. The Bertz CT molecular complexity index is 2090. The van der Waals surface area contributed by atoms with Crippen LogP contribution < -0.4 is 11.1 Å². The Hall–Kier alpha value is -4.92. The molecule has 0 saturated heterocycles. The van der Waals surface area contributed by atoms with E-state index in [2.05, 4.69) is 157 Å². The van der Waals surface area contributed by atoms with Gasteiger partial charge in [-0.2, -0.15) is 0 Å². The number of nitrogens with two attached hydrogens (primary N) is 1. The van der Waals surface area contributed by atoms with Crippen LogP contribution in [0.5, 0.6) is 0 Å². The van der Waals surface area contributed by atoms with Crippen molar-refractivity contribution in [3.05, 3.63) is 179 Å². The van der Waals surface area contributed by atoms with Crippen molar-refractivity contribution >= 4 is 33.3 Å². The van der Waals surface area contributed by atoms with Crippen LogP contribution in [0.4, 0.5) is 5.69 Å². The third kappa shape index (κ3) is 6.71. The fourth-order valence-electron chi connectivity index (χ4n) is 8.30. The van der Waals surface area contributed by atoms with Crippen molar-refractivity contribution in [1.29, 1.82) is 0 Å². The van der Waals surface area contributed by atoms with Gasteiger partial charge in [0, 0.05) is 17.6 Å². The lowest BCUT2D eigenvalue weighted by atomic mass is 9.80. The predicted octanol–water partition coefficient (Wildman–Crippen LogP) is 11.6. The zero-order chi connectivity index (χ0) is 33.0. The van der Waals surface area contributed by atoms with Crippen LogP contribution in [0.15, 0.2) is 151 Å². The Labute approximate surface area is 291 Å². The number of rotatable bonds is 9. The lowest BCUT2D eigenvalue weighted by Gasteiger charge is -2.29. The molecule has 3 aliphatic carbocycles. The van der Waals surface area contributed by atoms with Crippen LogP contribution in [0.3, 0.4) is 0 Å². The molecule has 0 heterocycles. The van der Waals surface area contributed by atoms with Crippen LogP contribution in [-0.2, 0) is 12.8 Å². The topological polar surface area (TPSA) is 38.0 Å². The lowest BCUT2D eigenvalue weighted by molar-refractivity contribution is 0.528. The van der Waals surface area contributed by atoms with E-state index in [1.165, 1.54) is 55.8 Å². The second-order valence-electron chi connectivity index (χ2n) is 14.0. The van der Waals surface area contributed by atoms with Gasteiger partial charge >= 0.3 is 0 Å². The van der Waals surface area contributed by atoms with Gasteiger partial charge in [0.1, 0.15) is 0 Å². The second kappa shape index (κ2) is 14.3. The summed E-state index contributed by atoms with van der Waals surface area (Å²) in [6, 6.07) is 35.7. The first-order chi connectivity index (χ1) is 24.2. The highest BCUT2D eigenvalue weighted by Gasteiger charge is 2.26. The zero-order valence-corrected chi connectivity index (χ0v) is 28.3. The van der Waals surface area contributed by atoms with Gasteiger partial charge in [-0.25, -0.2) is 0 Å². The van der Waals surface area contributed by atoms with Crippen molar-refractivity contribution in [3.63, 3.8) is 0 Å². The fourth-order valence-corrected chi connectivity index (χ4v) is 8.30. The van der Waals surface area contributed by atoms with E-state index in [0.717, 1.165) is 49.8 Å². The molecule has 3 aliphatic rings. The number of hydrogen-bond acceptors (Lipinski definition) is 2. The molecule has 3 N–H and O–H groups in total. The van der Waals surface area contributed by atoms with Gasteiger partial charge in [0.15, 0.2) is 0 Å². The van der Waals surface area contributed by atoms with Gasteiger partial charge < -0.3 is 11.1 Å². The highest BCUT2D eigenvalue weighted by Crippen LogP contribution is 2.41. The van der Waals surface area contributed by atoms with Gasteiger partial charge in [0.25, 0.3) is 0 Å². The summed E-state index contributed by atoms with van der Waals surface area (Å²) in [5.41, 5.74) is 16.3. The molecule has 0 aromatic heterocycles. The molecule has 0 bridgehead atoms. The lowest BCUT2D eigenvalue weighted by Crippen LogP contribution is -2.26. The number of benzene rings is 5. The predicted molar refractivity (Wildman–Crippen MR) is 210 cm³/mol. The first-order valence-corrected chi connectivity index (χ1v) is 18.2. The van der Waals surface area contributed by atoms with Gasteiger partial charge in [0.05, 0.1) is 6.04 Å². The SMILES string of the molecule is NC(/C=C(\CCc1ccccc1)C1CC=CCC1)c1ccc(NC2C=CC=CC2c2cc3ccccc3c3ccc4c(c23)CCC=C4)cc1. The first-order valence-electron chi connectivity index (χ1n) is 18.2. The maximum atomic E-state index is 6.92. The summed E-state index contributed by atoms with van der Waals surface area (Å²) in [6.07, 6.45) is 28.5. The fraction of sp³-hybridized carbons (Fsp3) is 0.234. The Balaban J connectivity index is 1.06. The number of anilines is 1. The number of nitrogens with one attached hydrogen (secondary N) is 1. The van der Waals surface area contributed by atoms with Gasteiger partial charge in [-0.15, -0.1) is 0 Å². The monoisotopic (exact) mass is 638 g/mol. The Morgan fingerprint density at radius 1 is 0.816 bits per heavy atom. The van der Waals surface area contributed by atoms with Crippen molar-refractivity contribution in [1.82, 2.24) is 0 Å². The Morgan fingerprint density at radius 3 is 2.51 bits per heavy atom. The molecule has 4 unspecified atom stereocenters. The second-order valence-corrected chi connectivity index (χ2v) is 14.0. The number of hydrogen-bond donors (Lipinski definition) is 2. The molecule has 0 aliphatic heterocycles. The third-order valence-corrected chi connectivity index (χ3v) is 10.9. The largest absolute Gasteiger partial charge is 0.378 e. The molecule has 0 amide bonds. The summed E-state index contributed by atoms with van der Waals surface area (Å²) in [5, 5.41) is 9.34. The number of fused-ring (bicyclic) bond motifs is 5. The summed E-state index contributed by atoms with van der Waals surface area (Å²) in [4.78, 5) is 0. The van der Waals surface area contributed by atoms with E-state index in [4.69, 9.17) is 5.73 Å². The molecule has 5 aromatic rings. The molecule has 49 heavy (non-hydrogen) atoms. The highest BCUT2D eigenvalue weighted by molar-refractivity contribution is 6.11. The van der Waals surface area contributed by atoms with Crippen molar-refractivity contribution in [2.75, 3.05) is 5.32 Å². The summed E-state index contributed by atoms with van der Waals surface area (Å²) < 4.78 is 0. The van der Waals surface area contributed by atoms with Crippen molar-refractivity contribution < 1.29 is 0 Å². The van der Waals surface area contributed by atoms with E-state index in [9.17, 15) is 0 Å². The van der Waals surface area contributed by atoms with E-state index in [1.54, 1.807) is 0 Å². The molecule has 244 valence electrons. The number of aryl methyl sites for hydroxylation is 2.